The highest BCUT2D eigenvalue weighted by atomic mass is 28.4. The van der Waals surface area contributed by atoms with Crippen LogP contribution in [0.2, 0.25) is 0 Å². The van der Waals surface area contributed by atoms with Crippen molar-refractivity contribution in [3.05, 3.63) is 34.9 Å². The molecule has 0 aliphatic rings. The Morgan fingerprint density at radius 1 is 0.900 bits per heavy atom. The number of benzene rings is 1. The smallest absolute Gasteiger partial charge is 0.374 e. The second-order valence-electron chi connectivity index (χ2n) is 4.33. The summed E-state index contributed by atoms with van der Waals surface area (Å²) in [5.74, 6) is -1.67. The standard InChI is InChI=1S/C14H22F2O3Si/c1-5-17-20(18-6-2,19-7-3)10-12-9-8-11(4)13(15)14(12)16/h8-9H,5-7,10H2,1-4H3. The summed E-state index contributed by atoms with van der Waals surface area (Å²) in [5, 5.41) is 0. The first-order chi connectivity index (χ1) is 9.49. The van der Waals surface area contributed by atoms with Gasteiger partial charge in [-0.3, -0.25) is 0 Å². The first kappa shape index (κ1) is 17.2. The summed E-state index contributed by atoms with van der Waals surface area (Å²) in [6, 6.07) is 3.24. The lowest BCUT2D eigenvalue weighted by atomic mass is 10.1. The largest absolute Gasteiger partial charge is 0.505 e. The predicted octanol–water partition coefficient (Wildman–Crippen LogP) is 3.40. The first-order valence-electron chi connectivity index (χ1n) is 6.85. The minimum atomic E-state index is -3.01. The molecule has 0 aliphatic heterocycles. The Balaban J connectivity index is 3.08. The monoisotopic (exact) mass is 304 g/mol. The van der Waals surface area contributed by atoms with Gasteiger partial charge in [-0.15, -0.1) is 0 Å². The molecule has 0 bridgehead atoms. The zero-order chi connectivity index (χ0) is 15.2. The van der Waals surface area contributed by atoms with E-state index in [2.05, 4.69) is 0 Å². The average molecular weight is 304 g/mol. The van der Waals surface area contributed by atoms with Gasteiger partial charge in [0.25, 0.3) is 0 Å². The Hall–Kier alpha value is -0.823. The molecule has 0 aromatic heterocycles. The minimum Gasteiger partial charge on any atom is -0.374 e. The topological polar surface area (TPSA) is 27.7 Å². The van der Waals surface area contributed by atoms with E-state index in [4.69, 9.17) is 13.3 Å². The fourth-order valence-corrected chi connectivity index (χ4v) is 4.61. The zero-order valence-corrected chi connectivity index (χ0v) is 13.5. The predicted molar refractivity (Wildman–Crippen MR) is 75.4 cm³/mol. The van der Waals surface area contributed by atoms with E-state index >= 15 is 0 Å². The van der Waals surface area contributed by atoms with Gasteiger partial charge < -0.3 is 13.3 Å². The van der Waals surface area contributed by atoms with E-state index in [0.29, 0.717) is 19.8 Å². The van der Waals surface area contributed by atoms with E-state index in [0.717, 1.165) is 0 Å². The second-order valence-corrected chi connectivity index (χ2v) is 6.91. The minimum absolute atomic E-state index is 0.131. The molecule has 0 unspecified atom stereocenters. The van der Waals surface area contributed by atoms with Crippen LogP contribution in [0.3, 0.4) is 0 Å². The van der Waals surface area contributed by atoms with Crippen LogP contribution >= 0.6 is 0 Å². The van der Waals surface area contributed by atoms with Crippen molar-refractivity contribution in [2.75, 3.05) is 19.8 Å². The van der Waals surface area contributed by atoms with Gasteiger partial charge in [0.1, 0.15) is 0 Å². The highest BCUT2D eigenvalue weighted by Gasteiger charge is 2.41. The normalized spacial score (nSPS) is 11.9. The highest BCUT2D eigenvalue weighted by molar-refractivity contribution is 6.60. The van der Waals surface area contributed by atoms with Gasteiger partial charge >= 0.3 is 8.80 Å². The molecule has 6 heteroatoms. The molecule has 0 fully saturated rings. The second kappa shape index (κ2) is 7.83. The molecule has 114 valence electrons. The maximum Gasteiger partial charge on any atom is 0.505 e. The van der Waals surface area contributed by atoms with Crippen LogP contribution in [-0.2, 0) is 19.3 Å². The third-order valence-corrected chi connectivity index (χ3v) is 5.85. The van der Waals surface area contributed by atoms with Crippen LogP contribution in [0.1, 0.15) is 31.9 Å². The number of halogens is 2. The maximum atomic E-state index is 14.0. The van der Waals surface area contributed by atoms with Crippen molar-refractivity contribution in [2.24, 2.45) is 0 Å². The quantitative estimate of drug-likeness (QED) is 0.689. The SMILES string of the molecule is CCO[Si](Cc1ccc(C)c(F)c1F)(OCC)OCC. The summed E-state index contributed by atoms with van der Waals surface area (Å²) in [7, 11) is -3.01. The van der Waals surface area contributed by atoms with Gasteiger partial charge in [-0.1, -0.05) is 12.1 Å². The molecular weight excluding hydrogens is 282 g/mol. The molecule has 1 aromatic carbocycles. The van der Waals surface area contributed by atoms with Gasteiger partial charge in [-0.25, -0.2) is 8.78 Å². The summed E-state index contributed by atoms with van der Waals surface area (Å²) < 4.78 is 44.6. The van der Waals surface area contributed by atoms with Crippen LogP contribution in [0.15, 0.2) is 12.1 Å². The molecule has 0 saturated heterocycles. The van der Waals surface area contributed by atoms with Crippen LogP contribution in [0.4, 0.5) is 8.78 Å². The van der Waals surface area contributed by atoms with Crippen molar-refractivity contribution in [3.63, 3.8) is 0 Å². The first-order valence-corrected chi connectivity index (χ1v) is 8.78. The average Bonchev–Trinajstić information content (AvgIpc) is 2.41. The Kier molecular flexibility index (Phi) is 6.74. The number of aryl methyl sites for hydroxylation is 1. The summed E-state index contributed by atoms with van der Waals surface area (Å²) in [5.41, 5.74) is 0.512. The lowest BCUT2D eigenvalue weighted by molar-refractivity contribution is 0.0701. The number of hydrogen-bond acceptors (Lipinski definition) is 3. The van der Waals surface area contributed by atoms with E-state index in [-0.39, 0.29) is 17.2 Å². The number of hydrogen-bond donors (Lipinski definition) is 0. The van der Waals surface area contributed by atoms with Crippen LogP contribution in [0.5, 0.6) is 0 Å². The molecule has 1 rings (SSSR count). The van der Waals surface area contributed by atoms with Crippen molar-refractivity contribution in [2.45, 2.75) is 33.7 Å². The third-order valence-electron chi connectivity index (χ3n) is 2.86. The lowest BCUT2D eigenvalue weighted by Crippen LogP contribution is -2.49. The molecule has 0 amide bonds. The van der Waals surface area contributed by atoms with Gasteiger partial charge in [0.2, 0.25) is 0 Å². The van der Waals surface area contributed by atoms with Crippen LogP contribution in [0, 0.1) is 18.6 Å². The summed E-state index contributed by atoms with van der Waals surface area (Å²) >= 11 is 0. The van der Waals surface area contributed by atoms with Crippen LogP contribution < -0.4 is 0 Å². The van der Waals surface area contributed by atoms with E-state index in [1.807, 2.05) is 20.8 Å². The number of rotatable bonds is 8. The van der Waals surface area contributed by atoms with E-state index in [9.17, 15) is 8.78 Å². The molecule has 0 atom stereocenters. The Bertz CT molecular complexity index is 424. The molecule has 3 nitrogen and oxygen atoms in total. The van der Waals surface area contributed by atoms with Crippen molar-refractivity contribution in [1.29, 1.82) is 0 Å². The molecular formula is C14H22F2O3Si. The third kappa shape index (κ3) is 4.08. The fourth-order valence-electron chi connectivity index (χ4n) is 1.99. The molecule has 0 saturated carbocycles. The van der Waals surface area contributed by atoms with Crippen LogP contribution in [0.25, 0.3) is 0 Å². The molecule has 1 aromatic rings. The lowest BCUT2D eigenvalue weighted by Gasteiger charge is -2.28. The Morgan fingerprint density at radius 2 is 1.40 bits per heavy atom. The van der Waals surface area contributed by atoms with Crippen molar-refractivity contribution < 1.29 is 22.1 Å². The summed E-state index contributed by atoms with van der Waals surface area (Å²) in [4.78, 5) is 0. The Morgan fingerprint density at radius 3 is 1.85 bits per heavy atom. The van der Waals surface area contributed by atoms with E-state index in [1.54, 1.807) is 12.1 Å². The fraction of sp³-hybridized carbons (Fsp3) is 0.571. The molecule has 0 spiro atoms. The van der Waals surface area contributed by atoms with Crippen LogP contribution in [-0.4, -0.2) is 28.6 Å². The van der Waals surface area contributed by atoms with Gasteiger partial charge in [0.15, 0.2) is 11.6 Å². The maximum absolute atomic E-state index is 14.0. The van der Waals surface area contributed by atoms with Crippen molar-refractivity contribution in [1.82, 2.24) is 0 Å². The summed E-state index contributed by atoms with van der Waals surface area (Å²) in [6.07, 6.45) is 0. The van der Waals surface area contributed by atoms with Crippen molar-refractivity contribution >= 4 is 8.80 Å². The van der Waals surface area contributed by atoms with Gasteiger partial charge in [0.05, 0.1) is 0 Å². The van der Waals surface area contributed by atoms with Gasteiger partial charge in [-0.05, 0) is 38.8 Å². The molecule has 20 heavy (non-hydrogen) atoms. The molecule has 0 aliphatic carbocycles. The van der Waals surface area contributed by atoms with E-state index in [1.165, 1.54) is 6.92 Å². The highest BCUT2D eigenvalue weighted by Crippen LogP contribution is 2.22. The Labute approximate surface area is 120 Å². The van der Waals surface area contributed by atoms with Gasteiger partial charge in [0, 0.05) is 25.9 Å². The summed E-state index contributed by atoms with van der Waals surface area (Å²) in [6.45, 7) is 8.22. The van der Waals surface area contributed by atoms with Gasteiger partial charge in [-0.2, -0.15) is 0 Å². The van der Waals surface area contributed by atoms with E-state index < -0.39 is 20.4 Å². The molecule has 0 N–H and O–H groups in total. The zero-order valence-electron chi connectivity index (χ0n) is 12.5. The molecule has 0 heterocycles. The molecule has 0 radical (unpaired) electrons. The van der Waals surface area contributed by atoms with Crippen molar-refractivity contribution in [3.8, 4) is 0 Å².